The van der Waals surface area contributed by atoms with Crippen LogP contribution in [0.3, 0.4) is 0 Å². The van der Waals surface area contributed by atoms with E-state index < -0.39 is 0 Å². The summed E-state index contributed by atoms with van der Waals surface area (Å²) >= 11 is 0. The van der Waals surface area contributed by atoms with Crippen molar-refractivity contribution in [2.24, 2.45) is 0 Å². The minimum atomic E-state index is 0.484. The Bertz CT molecular complexity index is 4480. The molecule has 0 heterocycles. The minimum Gasteiger partial charge on any atom is -0.497 e. The summed E-state index contributed by atoms with van der Waals surface area (Å²) in [5, 5.41) is 6.08. The zero-order valence-corrected chi connectivity index (χ0v) is 50.1. The van der Waals surface area contributed by atoms with Crippen LogP contribution in [0.15, 0.2) is 194 Å². The van der Waals surface area contributed by atoms with E-state index in [1.165, 1.54) is 0 Å². The Balaban J connectivity index is 1.44. The van der Waals surface area contributed by atoms with Crippen molar-refractivity contribution in [1.29, 1.82) is 0 Å². The normalized spacial score (nSPS) is 11.4. The van der Waals surface area contributed by atoms with Gasteiger partial charge in [-0.2, -0.15) is 0 Å². The molecule has 0 saturated carbocycles. The first-order valence-corrected chi connectivity index (χ1v) is 28.6. The molecule has 0 bridgehead atoms. The lowest BCUT2D eigenvalue weighted by Gasteiger charge is -2.31. The molecule has 0 aliphatic rings. The molecule has 0 atom stereocenters. The van der Waals surface area contributed by atoms with Crippen LogP contribution >= 0.6 is 0 Å². The van der Waals surface area contributed by atoms with Crippen LogP contribution in [-0.2, 0) is 0 Å². The van der Waals surface area contributed by atoms with Gasteiger partial charge in [0, 0.05) is 110 Å². The summed E-state index contributed by atoms with van der Waals surface area (Å²) in [5.41, 5.74) is 48.2. The molecular weight excluding hydrogens is 1100 g/mol. The number of rotatable bonds is 16. The van der Waals surface area contributed by atoms with Gasteiger partial charge in [0.25, 0.3) is 0 Å². The molecule has 0 aliphatic carbocycles. The molecule has 12 nitrogen and oxygen atoms in total. The van der Waals surface area contributed by atoms with Gasteiger partial charge < -0.3 is 60.8 Å². The smallest absolute Gasteiger partial charge is 0.118 e. The van der Waals surface area contributed by atoms with E-state index in [1.54, 1.807) is 56.9 Å². The summed E-state index contributed by atoms with van der Waals surface area (Å²) < 4.78 is 46.6. The Morgan fingerprint density at radius 3 is 0.455 bits per heavy atom. The predicted molar refractivity (Wildman–Crippen MR) is 361 cm³/mol. The number of nitrogens with two attached hydrogens (primary N) is 4. The van der Waals surface area contributed by atoms with Crippen molar-refractivity contribution in [3.63, 3.8) is 0 Å². The molecule has 8 N–H and O–H groups in total. The second-order valence-corrected chi connectivity index (χ2v) is 21.5. The summed E-state index contributed by atoms with van der Waals surface area (Å²) in [4.78, 5) is 0. The fourth-order valence-electron chi connectivity index (χ4n) is 13.0. The zero-order valence-electron chi connectivity index (χ0n) is 50.1. The Morgan fingerprint density at radius 2 is 0.295 bits per heavy atom. The first-order chi connectivity index (χ1) is 43.0. The molecule has 0 radical (unpaired) electrons. The third kappa shape index (κ3) is 8.99. The number of benzene rings is 13. The van der Waals surface area contributed by atoms with Crippen LogP contribution in [0.25, 0.3) is 132 Å². The van der Waals surface area contributed by atoms with Gasteiger partial charge in [-0.3, -0.25) is 0 Å². The van der Waals surface area contributed by atoms with E-state index in [2.05, 4.69) is 72.8 Å². The van der Waals surface area contributed by atoms with Gasteiger partial charge in [-0.05, 0) is 142 Å². The third-order valence-electron chi connectivity index (χ3n) is 17.2. The molecule has 0 amide bonds. The molecule has 436 valence electrons. The number of hydrogen-bond acceptors (Lipinski definition) is 12. The topological polar surface area (TPSA) is 178 Å². The number of ether oxygens (including phenoxy) is 8. The second-order valence-electron chi connectivity index (χ2n) is 21.5. The molecule has 13 rings (SSSR count). The summed E-state index contributed by atoms with van der Waals surface area (Å²) in [6.07, 6.45) is 0. The van der Waals surface area contributed by atoms with E-state index in [0.717, 1.165) is 132 Å². The molecular formula is C76H64N4O8. The van der Waals surface area contributed by atoms with Gasteiger partial charge in [-0.25, -0.2) is 0 Å². The van der Waals surface area contributed by atoms with Crippen LogP contribution < -0.4 is 60.8 Å². The third-order valence-corrected chi connectivity index (χ3v) is 17.2. The van der Waals surface area contributed by atoms with E-state index in [0.29, 0.717) is 68.7 Å². The maximum atomic E-state index is 8.42. The highest BCUT2D eigenvalue weighted by Crippen LogP contribution is 2.63. The number of anilines is 4. The quantitative estimate of drug-likeness (QED) is 0.0409. The molecule has 0 aliphatic heterocycles. The van der Waals surface area contributed by atoms with Gasteiger partial charge in [-0.1, -0.05) is 97.1 Å². The van der Waals surface area contributed by atoms with Crippen LogP contribution in [0.5, 0.6) is 46.0 Å². The maximum absolute atomic E-state index is 8.42. The molecule has 12 heteroatoms. The Hall–Kier alpha value is -11.2. The number of nitrogen functional groups attached to an aromatic ring is 4. The maximum Gasteiger partial charge on any atom is 0.118 e. The van der Waals surface area contributed by atoms with Gasteiger partial charge in [-0.15, -0.1) is 0 Å². The molecule has 13 aromatic rings. The van der Waals surface area contributed by atoms with Gasteiger partial charge in [0.2, 0.25) is 0 Å². The molecule has 0 fully saturated rings. The highest BCUT2D eigenvalue weighted by Gasteiger charge is 2.36. The second kappa shape index (κ2) is 22.6. The summed E-state index contributed by atoms with van der Waals surface area (Å²) in [6, 6.07) is 64.3. The van der Waals surface area contributed by atoms with Crippen molar-refractivity contribution < 1.29 is 37.9 Å². The van der Waals surface area contributed by atoms with Crippen molar-refractivity contribution >= 4 is 65.8 Å². The van der Waals surface area contributed by atoms with E-state index in [1.807, 2.05) is 121 Å². The number of hydrogen-bond donors (Lipinski definition) is 4. The molecule has 88 heavy (non-hydrogen) atoms. The van der Waals surface area contributed by atoms with Crippen molar-refractivity contribution in [3.8, 4) is 135 Å². The number of fused-ring (bicyclic) bond motifs is 2. The highest BCUT2D eigenvalue weighted by atomic mass is 16.5. The SMILES string of the molecule is COc1ccc(-c2c(-c3ccc(OC)cc3)c3c(N)c(-c4ccc(OC)cc4)c(-c4ccc(OC)cc4)c4c5c(N)c(-c6ccc(OC)cc6)c(-c6ccc(OC)cc6)c6c(N)c(-c7ccc(OC)cc7)c(-c7ccc(OC)cc7)c(c(c2N)c34)c65)cc1. The van der Waals surface area contributed by atoms with Crippen molar-refractivity contribution in [3.05, 3.63) is 194 Å². The predicted octanol–water partition coefficient (Wildman–Crippen LogP) is 17.5. The van der Waals surface area contributed by atoms with E-state index in [9.17, 15) is 0 Å². The Labute approximate surface area is 510 Å². The van der Waals surface area contributed by atoms with Crippen LogP contribution in [0.1, 0.15) is 0 Å². The van der Waals surface area contributed by atoms with Crippen molar-refractivity contribution in [1.82, 2.24) is 0 Å². The molecule has 13 aromatic carbocycles. The Kier molecular flexibility index (Phi) is 14.4. The van der Waals surface area contributed by atoms with Gasteiger partial charge in [0.1, 0.15) is 46.0 Å². The molecule has 0 spiro atoms. The van der Waals surface area contributed by atoms with Crippen LogP contribution in [0.2, 0.25) is 0 Å². The van der Waals surface area contributed by atoms with Gasteiger partial charge in [0.15, 0.2) is 0 Å². The van der Waals surface area contributed by atoms with Crippen LogP contribution in [0, 0.1) is 0 Å². The molecule has 0 aromatic heterocycles. The largest absolute Gasteiger partial charge is 0.497 e. The number of methoxy groups -OCH3 is 8. The lowest BCUT2D eigenvalue weighted by atomic mass is 9.72. The molecule has 0 unspecified atom stereocenters. The zero-order chi connectivity index (χ0) is 61.1. The van der Waals surface area contributed by atoms with Crippen molar-refractivity contribution in [2.45, 2.75) is 0 Å². The lowest BCUT2D eigenvalue weighted by molar-refractivity contribution is 0.414. The van der Waals surface area contributed by atoms with E-state index in [-0.39, 0.29) is 0 Å². The summed E-state index contributed by atoms with van der Waals surface area (Å²) in [6.45, 7) is 0. The lowest BCUT2D eigenvalue weighted by Crippen LogP contribution is -2.08. The van der Waals surface area contributed by atoms with E-state index >= 15 is 0 Å². The minimum absolute atomic E-state index is 0.484. The average molecular weight is 1160 g/mol. The summed E-state index contributed by atoms with van der Waals surface area (Å²) in [5.74, 6) is 5.42. The molecule has 0 saturated heterocycles. The summed E-state index contributed by atoms with van der Waals surface area (Å²) in [7, 11) is 13.3. The van der Waals surface area contributed by atoms with Gasteiger partial charge >= 0.3 is 0 Å². The van der Waals surface area contributed by atoms with E-state index in [4.69, 9.17) is 60.8 Å². The average Bonchev–Trinajstić information content (AvgIpc) is 0.669. The first kappa shape index (κ1) is 55.9. The highest BCUT2D eigenvalue weighted by molar-refractivity contribution is 6.49. The fourth-order valence-corrected chi connectivity index (χ4v) is 13.0. The first-order valence-electron chi connectivity index (χ1n) is 28.6. The Morgan fingerprint density at radius 1 is 0.159 bits per heavy atom. The fraction of sp³-hybridized carbons (Fsp3) is 0.105. The van der Waals surface area contributed by atoms with Crippen LogP contribution in [0.4, 0.5) is 22.7 Å². The standard InChI is InChI=1S/C76H64N4O8/c1-81-49-25-9-41(10-26-49)57-61(45-17-33-53(85-5)34-18-45)73(77)69-59(43-13-29-51(83-3)30-14-43)64(48-23-39-56(88-8)40-24-48)76(80)72-66-58(42-11-27-50(82-2)28-12-42)62(46-19-35-54(86-6)36-20-46)74(78)70-60(44-15-31-52(84-4)32-16-44)63(47-21-37-55(87-7)38-22-47)75(79)71(68(66)70)65(57)67(69)72/h9-40H,77-80H2,1-8H3. The van der Waals surface area contributed by atoms with Gasteiger partial charge in [0.05, 0.1) is 56.9 Å². The monoisotopic (exact) mass is 1160 g/mol. The van der Waals surface area contributed by atoms with Crippen molar-refractivity contribution in [2.75, 3.05) is 79.8 Å². The van der Waals surface area contributed by atoms with Crippen LogP contribution in [-0.4, -0.2) is 56.9 Å².